The summed E-state index contributed by atoms with van der Waals surface area (Å²) in [4.78, 5) is 2.62. The van der Waals surface area contributed by atoms with E-state index in [-0.39, 0.29) is 6.10 Å². The monoisotopic (exact) mass is 264 g/mol. The summed E-state index contributed by atoms with van der Waals surface area (Å²) in [5.74, 6) is 0.575. The van der Waals surface area contributed by atoms with Gasteiger partial charge in [-0.15, -0.1) is 0 Å². The first-order chi connectivity index (χ1) is 8.47. The van der Waals surface area contributed by atoms with Gasteiger partial charge in [0.05, 0.1) is 6.10 Å². The Labute approximate surface area is 114 Å². The molecule has 0 aromatic heterocycles. The summed E-state index contributed by atoms with van der Waals surface area (Å²) in [7, 11) is 2.05. The summed E-state index contributed by atoms with van der Waals surface area (Å²) in [5.41, 5.74) is 8.96. The number of thiocarbonyl (C=S) groups is 1. The van der Waals surface area contributed by atoms with Crippen molar-refractivity contribution in [3.8, 4) is 0 Å². The van der Waals surface area contributed by atoms with Gasteiger partial charge in [-0.1, -0.05) is 23.8 Å². The molecule has 3 nitrogen and oxygen atoms in total. The summed E-state index contributed by atoms with van der Waals surface area (Å²) < 4.78 is 0. The maximum Gasteiger partial charge on any atom is 0.106 e. The lowest BCUT2D eigenvalue weighted by Crippen LogP contribution is -2.37. The van der Waals surface area contributed by atoms with Crippen molar-refractivity contribution >= 4 is 22.9 Å². The van der Waals surface area contributed by atoms with Crippen LogP contribution in [0.1, 0.15) is 24.0 Å². The molecule has 0 aliphatic heterocycles. The van der Waals surface area contributed by atoms with E-state index in [0.717, 1.165) is 36.2 Å². The number of anilines is 1. The van der Waals surface area contributed by atoms with Gasteiger partial charge >= 0.3 is 0 Å². The minimum Gasteiger partial charge on any atom is -0.393 e. The number of aryl methyl sites for hydroxylation is 1. The number of hydrogen-bond acceptors (Lipinski definition) is 3. The van der Waals surface area contributed by atoms with Crippen LogP contribution in [0, 0.1) is 12.8 Å². The van der Waals surface area contributed by atoms with E-state index in [2.05, 4.69) is 24.1 Å². The number of aliphatic hydroxyl groups is 1. The number of nitrogens with zero attached hydrogens (tertiary/aromatic N) is 1. The van der Waals surface area contributed by atoms with Crippen LogP contribution < -0.4 is 10.6 Å². The number of aliphatic hydroxyl groups excluding tert-OH is 1. The second kappa shape index (κ2) is 5.24. The highest BCUT2D eigenvalue weighted by Crippen LogP contribution is 2.30. The topological polar surface area (TPSA) is 49.5 Å². The van der Waals surface area contributed by atoms with Crippen molar-refractivity contribution < 1.29 is 5.11 Å². The van der Waals surface area contributed by atoms with Gasteiger partial charge in [-0.3, -0.25) is 0 Å². The molecule has 18 heavy (non-hydrogen) atoms. The van der Waals surface area contributed by atoms with E-state index in [4.69, 9.17) is 18.0 Å². The molecule has 0 saturated heterocycles. The number of benzene rings is 1. The van der Waals surface area contributed by atoms with E-state index >= 15 is 0 Å². The molecular weight excluding hydrogens is 244 g/mol. The van der Waals surface area contributed by atoms with Crippen molar-refractivity contribution in [3.05, 3.63) is 29.3 Å². The van der Waals surface area contributed by atoms with Gasteiger partial charge < -0.3 is 15.7 Å². The van der Waals surface area contributed by atoms with Crippen LogP contribution in [0.2, 0.25) is 0 Å². The molecule has 0 amide bonds. The van der Waals surface area contributed by atoms with Gasteiger partial charge in [0.1, 0.15) is 4.99 Å². The lowest BCUT2D eigenvalue weighted by Gasteiger charge is -2.35. The lowest BCUT2D eigenvalue weighted by molar-refractivity contribution is 0.0465. The summed E-state index contributed by atoms with van der Waals surface area (Å²) in [5, 5.41) is 9.32. The number of rotatable bonds is 4. The molecule has 1 saturated carbocycles. The summed E-state index contributed by atoms with van der Waals surface area (Å²) >= 11 is 5.11. The van der Waals surface area contributed by atoms with Gasteiger partial charge in [-0.25, -0.2) is 0 Å². The molecule has 0 bridgehead atoms. The first-order valence-electron chi connectivity index (χ1n) is 6.27. The standard InChI is InChI=1S/C14H20N2OS/c1-9-3-4-13(12(5-9)14(15)18)16(2)8-10-6-11(17)7-10/h3-5,10-11,17H,6-8H2,1-2H3,(H2,15,18). The van der Waals surface area contributed by atoms with Crippen molar-refractivity contribution in [2.75, 3.05) is 18.5 Å². The molecule has 2 rings (SSSR count). The Morgan fingerprint density at radius 1 is 1.50 bits per heavy atom. The molecule has 0 heterocycles. The Morgan fingerprint density at radius 2 is 2.17 bits per heavy atom. The minimum atomic E-state index is -0.100. The maximum atomic E-state index is 9.32. The van der Waals surface area contributed by atoms with Gasteiger partial charge in [0, 0.05) is 24.8 Å². The van der Waals surface area contributed by atoms with Crippen molar-refractivity contribution in [3.63, 3.8) is 0 Å². The highest BCUT2D eigenvalue weighted by atomic mass is 32.1. The molecule has 0 radical (unpaired) electrons. The molecule has 3 N–H and O–H groups in total. The summed E-state index contributed by atoms with van der Waals surface area (Å²) in [6.07, 6.45) is 1.70. The predicted molar refractivity (Wildman–Crippen MR) is 79.1 cm³/mol. The van der Waals surface area contributed by atoms with Gasteiger partial charge in [0.2, 0.25) is 0 Å². The Hall–Kier alpha value is -1.13. The molecular formula is C14H20N2OS. The van der Waals surface area contributed by atoms with Gasteiger partial charge in [-0.2, -0.15) is 0 Å². The molecule has 1 aliphatic rings. The third-order valence-corrected chi connectivity index (χ3v) is 3.79. The first kappa shape index (κ1) is 13.3. The Kier molecular flexibility index (Phi) is 3.88. The van der Waals surface area contributed by atoms with Gasteiger partial charge in [0.15, 0.2) is 0 Å². The summed E-state index contributed by atoms with van der Waals surface area (Å²) in [6, 6.07) is 6.17. The van der Waals surface area contributed by atoms with E-state index in [1.54, 1.807) is 0 Å². The third-order valence-electron chi connectivity index (χ3n) is 3.57. The van der Waals surface area contributed by atoms with Crippen LogP contribution in [-0.2, 0) is 0 Å². The maximum absolute atomic E-state index is 9.32. The van der Waals surface area contributed by atoms with E-state index < -0.39 is 0 Å². The zero-order chi connectivity index (χ0) is 13.3. The van der Waals surface area contributed by atoms with Crippen LogP contribution in [0.5, 0.6) is 0 Å². The molecule has 1 aliphatic carbocycles. The van der Waals surface area contributed by atoms with Crippen LogP contribution in [0.4, 0.5) is 5.69 Å². The average molecular weight is 264 g/mol. The highest BCUT2D eigenvalue weighted by molar-refractivity contribution is 7.80. The van der Waals surface area contributed by atoms with E-state index in [0.29, 0.717) is 10.9 Å². The minimum absolute atomic E-state index is 0.100. The van der Waals surface area contributed by atoms with Crippen LogP contribution in [0.25, 0.3) is 0 Å². The molecule has 0 spiro atoms. The lowest BCUT2D eigenvalue weighted by atomic mass is 9.82. The molecule has 0 unspecified atom stereocenters. The van der Waals surface area contributed by atoms with Crippen LogP contribution in [0.3, 0.4) is 0 Å². The van der Waals surface area contributed by atoms with Crippen LogP contribution >= 0.6 is 12.2 Å². The van der Waals surface area contributed by atoms with Crippen molar-refractivity contribution in [1.82, 2.24) is 0 Å². The summed E-state index contributed by atoms with van der Waals surface area (Å²) in [6.45, 7) is 2.98. The van der Waals surface area contributed by atoms with Crippen molar-refractivity contribution in [2.24, 2.45) is 11.7 Å². The van der Waals surface area contributed by atoms with Gasteiger partial charge in [-0.05, 0) is 37.8 Å². The van der Waals surface area contributed by atoms with Crippen molar-refractivity contribution in [1.29, 1.82) is 0 Å². The van der Waals surface area contributed by atoms with Crippen LogP contribution in [0.15, 0.2) is 18.2 Å². The molecule has 1 aromatic carbocycles. The van der Waals surface area contributed by atoms with E-state index in [1.807, 2.05) is 13.0 Å². The first-order valence-corrected chi connectivity index (χ1v) is 6.68. The normalized spacial score (nSPS) is 22.4. The molecule has 1 fully saturated rings. The fourth-order valence-corrected chi connectivity index (χ4v) is 2.68. The fraction of sp³-hybridized carbons (Fsp3) is 0.500. The fourth-order valence-electron chi connectivity index (χ4n) is 2.52. The zero-order valence-electron chi connectivity index (χ0n) is 10.9. The SMILES string of the molecule is Cc1ccc(N(C)CC2CC(O)C2)c(C(N)=S)c1. The predicted octanol–water partition coefficient (Wildman–Crippen LogP) is 1.84. The molecule has 4 heteroatoms. The number of nitrogens with two attached hydrogens (primary N) is 1. The molecule has 0 atom stereocenters. The number of hydrogen-bond donors (Lipinski definition) is 2. The average Bonchev–Trinajstić information content (AvgIpc) is 2.26. The smallest absolute Gasteiger partial charge is 0.106 e. The second-order valence-electron chi connectivity index (χ2n) is 5.26. The third kappa shape index (κ3) is 2.82. The van der Waals surface area contributed by atoms with Crippen molar-refractivity contribution in [2.45, 2.75) is 25.9 Å². The highest BCUT2D eigenvalue weighted by Gasteiger charge is 2.28. The zero-order valence-corrected chi connectivity index (χ0v) is 11.7. The van der Waals surface area contributed by atoms with Gasteiger partial charge in [0.25, 0.3) is 0 Å². The molecule has 98 valence electrons. The largest absolute Gasteiger partial charge is 0.393 e. The Bertz CT molecular complexity index is 455. The Morgan fingerprint density at radius 3 is 2.72 bits per heavy atom. The Balaban J connectivity index is 2.13. The van der Waals surface area contributed by atoms with E-state index in [9.17, 15) is 5.11 Å². The van der Waals surface area contributed by atoms with Crippen LogP contribution in [-0.4, -0.2) is 29.8 Å². The quantitative estimate of drug-likeness (QED) is 0.815. The van der Waals surface area contributed by atoms with E-state index in [1.165, 1.54) is 0 Å². The molecule has 1 aromatic rings. The second-order valence-corrected chi connectivity index (χ2v) is 5.70.